The van der Waals surface area contributed by atoms with E-state index in [0.29, 0.717) is 5.66 Å². The second-order valence-electron chi connectivity index (χ2n) is 14.2. The molecule has 0 aliphatic heterocycles. The van der Waals surface area contributed by atoms with Crippen molar-refractivity contribution in [2.75, 3.05) is 0 Å². The van der Waals surface area contributed by atoms with Crippen LogP contribution in [0.3, 0.4) is 0 Å². The molecule has 8 heteroatoms. The zero-order chi connectivity index (χ0) is 38.5. The molecule has 296 valence electrons. The summed E-state index contributed by atoms with van der Waals surface area (Å²) in [7, 11) is 9.22. The Morgan fingerprint density at radius 2 is 1.05 bits per heavy atom. The van der Waals surface area contributed by atoms with Gasteiger partial charge in [0.05, 0.1) is 11.7 Å². The predicted octanol–water partition coefficient (Wildman–Crippen LogP) is 12.9. The van der Waals surface area contributed by atoms with Crippen LogP contribution >= 0.6 is 35.2 Å². The van der Waals surface area contributed by atoms with Gasteiger partial charge in [-0.2, -0.15) is 0 Å². The topological polar surface area (TPSA) is 38.9 Å². The molecule has 10 radical (unpaired) electrons. The van der Waals surface area contributed by atoms with Crippen LogP contribution in [0.1, 0.15) is 88.4 Å². The zero-order valence-corrected chi connectivity index (χ0v) is 38.5. The first kappa shape index (κ1) is 48.0. The molecule has 4 fully saturated rings. The van der Waals surface area contributed by atoms with Gasteiger partial charge in [-0.1, -0.05) is 150 Å². The predicted molar refractivity (Wildman–Crippen MR) is 239 cm³/mol. The van der Waals surface area contributed by atoms with Crippen molar-refractivity contribution in [3.8, 4) is 0 Å². The second-order valence-corrected chi connectivity index (χ2v) is 22.2. The number of rotatable bonds is 9. The van der Waals surface area contributed by atoms with Gasteiger partial charge in [0.2, 0.25) is 0 Å². The Balaban J connectivity index is 0.000000248. The van der Waals surface area contributed by atoms with Crippen molar-refractivity contribution < 1.29 is 32.2 Å². The third-order valence-corrected chi connectivity index (χ3v) is 17.1. The fourth-order valence-corrected chi connectivity index (χ4v) is 15.1. The van der Waals surface area contributed by atoms with Gasteiger partial charge in [-0.05, 0) is 136 Å². The molecule has 8 rings (SSSR count). The number of halogens is 2. The van der Waals surface area contributed by atoms with Gasteiger partial charge >= 0.3 is 51.6 Å². The molecular formula is C48H56Cl2FeN2P2Ru+2. The van der Waals surface area contributed by atoms with E-state index in [2.05, 4.69) is 91.8 Å². The molecule has 0 saturated heterocycles. The summed E-state index contributed by atoms with van der Waals surface area (Å²) in [6.45, 7) is 2.62. The van der Waals surface area contributed by atoms with Gasteiger partial charge in [0.15, 0.2) is 0 Å². The Bertz CT molecular complexity index is 1440. The first-order chi connectivity index (χ1) is 27.1. The number of nitrogens with zero attached hydrogens (tertiary/aromatic N) is 1. The van der Waals surface area contributed by atoms with Crippen LogP contribution in [0, 0.1) is 62.9 Å². The average molecular weight is 951 g/mol. The summed E-state index contributed by atoms with van der Waals surface area (Å²) in [5.41, 5.74) is 12.4. The maximum atomic E-state index is 6.05. The van der Waals surface area contributed by atoms with Crippen LogP contribution in [-0.4, -0.2) is 22.0 Å². The van der Waals surface area contributed by atoms with Crippen LogP contribution in [0.15, 0.2) is 115 Å². The number of nitrogens with two attached hydrogens (primary N) is 1. The van der Waals surface area contributed by atoms with Crippen LogP contribution in [0.25, 0.3) is 0 Å². The smallest absolute Gasteiger partial charge is 2.00 e. The molecule has 2 atom stereocenters. The molecule has 56 heavy (non-hydrogen) atoms. The molecule has 3 aromatic carbocycles. The van der Waals surface area contributed by atoms with E-state index in [-0.39, 0.29) is 46.2 Å². The van der Waals surface area contributed by atoms with E-state index in [1.807, 2.05) is 80.6 Å². The van der Waals surface area contributed by atoms with E-state index in [9.17, 15) is 0 Å². The van der Waals surface area contributed by atoms with E-state index in [1.165, 1.54) is 74.8 Å². The molecule has 1 heterocycles. The summed E-state index contributed by atoms with van der Waals surface area (Å²) in [4.78, 5) is 4.23. The summed E-state index contributed by atoms with van der Waals surface area (Å²) >= 11 is -0.346. The summed E-state index contributed by atoms with van der Waals surface area (Å²) in [6, 6.07) is 38.2. The number of hydrogen-bond donors (Lipinski definition) is 1. The molecule has 2 nitrogen and oxygen atoms in total. The Morgan fingerprint density at radius 3 is 1.50 bits per heavy atom. The minimum absolute atomic E-state index is 0. The van der Waals surface area contributed by atoms with Crippen molar-refractivity contribution >= 4 is 45.8 Å². The fraction of sp³-hybridized carbons (Fsp3) is 0.312. The van der Waals surface area contributed by atoms with Gasteiger partial charge in [0, 0.05) is 11.9 Å². The van der Waals surface area contributed by atoms with Crippen molar-refractivity contribution in [3.05, 3.63) is 190 Å². The van der Waals surface area contributed by atoms with Crippen molar-refractivity contribution in [2.24, 2.45) is 5.73 Å². The third kappa shape index (κ3) is 15.1. The molecule has 4 aliphatic carbocycles. The van der Waals surface area contributed by atoms with E-state index in [1.54, 1.807) is 17.8 Å². The molecule has 1 aromatic heterocycles. The monoisotopic (exact) mass is 950 g/mol. The summed E-state index contributed by atoms with van der Waals surface area (Å²) in [6.07, 6.45) is 33.9. The van der Waals surface area contributed by atoms with Gasteiger partial charge in [-0.25, -0.2) is 0 Å². The van der Waals surface area contributed by atoms with Crippen LogP contribution in [-0.2, 0) is 32.2 Å². The van der Waals surface area contributed by atoms with Crippen LogP contribution < -0.4 is 16.3 Å². The van der Waals surface area contributed by atoms with Crippen LogP contribution in [0.4, 0.5) is 0 Å². The first-order valence-corrected chi connectivity index (χ1v) is 27.2. The largest absolute Gasteiger partial charge is 2.00 e. The molecule has 4 saturated carbocycles. The Hall–Kier alpha value is -0.647. The van der Waals surface area contributed by atoms with Crippen LogP contribution in [0.5, 0.6) is 0 Å². The number of benzene rings is 3. The van der Waals surface area contributed by atoms with Crippen molar-refractivity contribution in [3.63, 3.8) is 0 Å². The second kappa shape index (κ2) is 28.0. The van der Waals surface area contributed by atoms with Gasteiger partial charge in [-0.15, -0.1) is 0 Å². The molecule has 4 aromatic rings. The summed E-state index contributed by atoms with van der Waals surface area (Å²) in [5, 5.41) is 2.97. The van der Waals surface area contributed by atoms with Gasteiger partial charge < -0.3 is 5.73 Å². The van der Waals surface area contributed by atoms with E-state index < -0.39 is 7.92 Å². The Morgan fingerprint density at radius 1 is 0.607 bits per heavy atom. The van der Waals surface area contributed by atoms with E-state index >= 15 is 0 Å². The minimum Gasteiger partial charge on any atom is 2.00 e. The zero-order valence-electron chi connectivity index (χ0n) is 32.4. The molecule has 0 bridgehead atoms. The number of aromatic nitrogens is 1. The number of pyridine rings is 1. The molecule has 4 aliphatic rings. The SMILES string of the molecule is C[C@H]([C]1[CH][CH][CH][C]1P(c1ccccc1)c1ccccc1)P(C1CCCCC1)C1CCCCC1.N[C@@H](c1ccccc1)c1ccccn1.[CH]1[CH][CH][CH][CH]1.[Cl][Ru][Cl].[Fe+2]. The molecule has 0 unspecified atom stereocenters. The standard InChI is InChI=1S/C31H39P2.C12H12N2.C5H5.2ClH.Fe.Ru/c1-25(32(26-15-6-2-7-16-26)27-17-8-3-9-18-27)30-23-14-24-31(30)33(28-19-10-4-11-20-28)29-21-12-5-13-22-29;13-12(10-6-2-1-3-7-10)11-8-4-5-9-14-11;1-2-4-5-3-1;;;;/h4-5,10-14,19-27H,2-3,6-9,15-18H2,1H3;1-9,12H,13H2;1-5H;2*1H;;/q;;;;;2*+2/p-2/t25-;12-;;;;;/m10...../s1. The Kier molecular flexibility index (Phi) is 24.0. The molecule has 0 spiro atoms. The maximum Gasteiger partial charge on any atom is 2.00 e. The molecule has 0 amide bonds. The van der Waals surface area contributed by atoms with Crippen molar-refractivity contribution in [1.82, 2.24) is 4.98 Å². The molecule has 2 N–H and O–H groups in total. The van der Waals surface area contributed by atoms with Gasteiger partial charge in [0.25, 0.3) is 0 Å². The maximum absolute atomic E-state index is 6.05. The average Bonchev–Trinajstić information content (AvgIpc) is 4.01. The third-order valence-electron chi connectivity index (χ3n) is 10.7. The quantitative estimate of drug-likeness (QED) is 0.134. The minimum atomic E-state index is -0.511. The summed E-state index contributed by atoms with van der Waals surface area (Å²) in [5.74, 6) is 1.68. The molecular weight excluding hydrogens is 894 g/mol. The van der Waals surface area contributed by atoms with E-state index in [4.69, 9.17) is 25.1 Å². The first-order valence-electron chi connectivity index (χ1n) is 19.8. The fourth-order valence-electron chi connectivity index (χ4n) is 8.12. The van der Waals surface area contributed by atoms with Crippen LogP contribution in [0.2, 0.25) is 0 Å². The van der Waals surface area contributed by atoms with Crippen molar-refractivity contribution in [2.45, 2.75) is 94.2 Å². The normalized spacial score (nSPS) is 19.1. The Labute approximate surface area is 369 Å². The van der Waals surface area contributed by atoms with Gasteiger partial charge in [-0.3, -0.25) is 4.98 Å². The number of hydrogen-bond acceptors (Lipinski definition) is 2. The van der Waals surface area contributed by atoms with E-state index in [0.717, 1.165) is 22.6 Å². The van der Waals surface area contributed by atoms with Gasteiger partial charge in [0.1, 0.15) is 0 Å². The van der Waals surface area contributed by atoms with Crippen molar-refractivity contribution in [1.29, 1.82) is 0 Å². The summed E-state index contributed by atoms with van der Waals surface area (Å²) < 4.78 is 0.